The van der Waals surface area contributed by atoms with E-state index in [4.69, 9.17) is 0 Å². The molecule has 1 rings (SSSR count). The molecule has 0 aliphatic carbocycles. The average molecular weight is 193 g/mol. The maximum Gasteiger partial charge on any atom is 0.0227 e. The zero-order chi connectivity index (χ0) is 11.0. The first-order valence-electron chi connectivity index (χ1n) is 5.30. The van der Waals surface area contributed by atoms with Crippen molar-refractivity contribution in [3.05, 3.63) is 35.4 Å². The van der Waals surface area contributed by atoms with Crippen LogP contribution in [-0.2, 0) is 6.54 Å². The number of benzene rings is 1. The number of hydrogen-bond acceptors (Lipinski definition) is 1. The summed E-state index contributed by atoms with van der Waals surface area (Å²) in [6, 6.07) is 8.66. The Morgan fingerprint density at radius 2 is 1.43 bits per heavy atom. The predicted octanol–water partition coefficient (Wildman–Crippen LogP) is 3.47. The molecule has 1 aromatic rings. The molecule has 0 amide bonds. The van der Waals surface area contributed by atoms with Crippen molar-refractivity contribution in [2.24, 2.45) is 0 Å². The highest BCUT2D eigenvalue weighted by atomic mass is 15.0. The summed E-state index contributed by atoms with van der Waals surface area (Å²) < 4.78 is 0. The summed E-state index contributed by atoms with van der Waals surface area (Å²) in [6.45, 7) is 7.39. The summed E-state index contributed by atoms with van der Waals surface area (Å²) >= 11 is 0. The largest absolute Gasteiger partial charge is 0.305 e. The van der Waals surface area contributed by atoms with E-state index >= 15 is 0 Å². The summed E-state index contributed by atoms with van der Waals surface area (Å²) in [4.78, 5) is 2.17. The molecule has 0 aliphatic rings. The molecule has 1 aromatic carbocycles. The van der Waals surface area contributed by atoms with Crippen LogP contribution in [0.15, 0.2) is 24.3 Å². The van der Waals surface area contributed by atoms with Gasteiger partial charge in [0.15, 0.2) is 0 Å². The van der Waals surface area contributed by atoms with Crippen LogP contribution in [0.5, 0.6) is 0 Å². The Hall–Kier alpha value is -0.820. The van der Waals surface area contributed by atoms with Gasteiger partial charge in [-0.25, -0.2) is 0 Å². The average Bonchev–Trinajstić information content (AvgIpc) is 2.09. The van der Waals surface area contributed by atoms with E-state index in [2.05, 4.69) is 64.0 Å². The molecule has 0 unspecified atom stereocenters. The van der Waals surface area contributed by atoms with Crippen LogP contribution in [0.25, 0.3) is 0 Å². The molecule has 0 heterocycles. The lowest BCUT2D eigenvalue weighted by molar-refractivity contribution is 0.402. The van der Waals surface area contributed by atoms with Gasteiger partial charge in [-0.05, 0) is 26.6 Å². The van der Waals surface area contributed by atoms with Crippen molar-refractivity contribution in [2.75, 3.05) is 14.1 Å². The highest BCUT2D eigenvalue weighted by Crippen LogP contribution is 2.04. The Labute approximate surface area is 88.8 Å². The third-order valence-corrected chi connectivity index (χ3v) is 1.62. The fourth-order valence-electron chi connectivity index (χ4n) is 1.06. The minimum Gasteiger partial charge on any atom is -0.305 e. The monoisotopic (exact) mass is 193 g/mol. The molecule has 0 N–H and O–H groups in total. The summed E-state index contributed by atoms with van der Waals surface area (Å²) in [5, 5.41) is 0. The highest BCUT2D eigenvalue weighted by molar-refractivity contribution is 5.20. The topological polar surface area (TPSA) is 3.24 Å². The van der Waals surface area contributed by atoms with Gasteiger partial charge >= 0.3 is 0 Å². The van der Waals surface area contributed by atoms with Crippen LogP contribution in [0.4, 0.5) is 0 Å². The lowest BCUT2D eigenvalue weighted by atomic mass is 10.1. The Morgan fingerprint density at radius 1 is 1.00 bits per heavy atom. The Kier molecular flexibility index (Phi) is 7.13. The van der Waals surface area contributed by atoms with Gasteiger partial charge in [-0.1, -0.05) is 50.1 Å². The highest BCUT2D eigenvalue weighted by Gasteiger charge is 1.92. The van der Waals surface area contributed by atoms with Crippen LogP contribution in [0, 0.1) is 6.92 Å². The van der Waals surface area contributed by atoms with Crippen LogP contribution < -0.4 is 0 Å². The van der Waals surface area contributed by atoms with E-state index in [0.29, 0.717) is 0 Å². The van der Waals surface area contributed by atoms with Gasteiger partial charge < -0.3 is 4.90 Å². The van der Waals surface area contributed by atoms with Crippen LogP contribution >= 0.6 is 0 Å². The standard InChI is InChI=1S/C10H15N.C3H8/c1-9-4-6-10(7-5-9)8-11(2)3;1-3-2/h4-7H,8H2,1-3H3;3H2,1-2H3. The molecular formula is C13H23N. The van der Waals surface area contributed by atoms with Gasteiger partial charge in [0.05, 0.1) is 0 Å². The molecule has 14 heavy (non-hydrogen) atoms. The molecular weight excluding hydrogens is 170 g/mol. The first-order valence-corrected chi connectivity index (χ1v) is 5.30. The predicted molar refractivity (Wildman–Crippen MR) is 64.5 cm³/mol. The molecule has 0 saturated heterocycles. The number of hydrogen-bond donors (Lipinski definition) is 0. The maximum absolute atomic E-state index is 2.18. The van der Waals surface area contributed by atoms with E-state index < -0.39 is 0 Å². The lowest BCUT2D eigenvalue weighted by Crippen LogP contribution is -2.10. The summed E-state index contributed by atoms with van der Waals surface area (Å²) in [7, 11) is 4.17. The molecule has 0 aromatic heterocycles. The van der Waals surface area contributed by atoms with Crippen molar-refractivity contribution in [3.63, 3.8) is 0 Å². The summed E-state index contributed by atoms with van der Waals surface area (Å²) in [6.07, 6.45) is 1.25. The van der Waals surface area contributed by atoms with Gasteiger partial charge in [-0.2, -0.15) is 0 Å². The molecule has 1 nitrogen and oxygen atoms in total. The van der Waals surface area contributed by atoms with Crippen molar-refractivity contribution in [1.82, 2.24) is 4.90 Å². The minimum absolute atomic E-state index is 1.03. The molecule has 0 radical (unpaired) electrons. The normalized spacial score (nSPS) is 9.57. The van der Waals surface area contributed by atoms with Gasteiger partial charge in [0.1, 0.15) is 0 Å². The van der Waals surface area contributed by atoms with Crippen molar-refractivity contribution in [3.8, 4) is 0 Å². The van der Waals surface area contributed by atoms with E-state index in [1.807, 2.05) is 0 Å². The van der Waals surface area contributed by atoms with Crippen molar-refractivity contribution in [2.45, 2.75) is 33.7 Å². The zero-order valence-corrected chi connectivity index (χ0v) is 10.2. The van der Waals surface area contributed by atoms with E-state index in [-0.39, 0.29) is 0 Å². The second-order valence-electron chi connectivity index (χ2n) is 3.93. The van der Waals surface area contributed by atoms with E-state index in [1.54, 1.807) is 0 Å². The zero-order valence-electron chi connectivity index (χ0n) is 10.2. The van der Waals surface area contributed by atoms with Crippen LogP contribution in [-0.4, -0.2) is 19.0 Å². The summed E-state index contributed by atoms with van der Waals surface area (Å²) in [5.41, 5.74) is 2.70. The third kappa shape index (κ3) is 6.67. The van der Waals surface area contributed by atoms with E-state index in [9.17, 15) is 0 Å². The van der Waals surface area contributed by atoms with Gasteiger partial charge in [-0.15, -0.1) is 0 Å². The van der Waals surface area contributed by atoms with Crippen LogP contribution in [0.2, 0.25) is 0 Å². The molecule has 80 valence electrons. The SMILES string of the molecule is CCC.Cc1ccc(CN(C)C)cc1. The van der Waals surface area contributed by atoms with Crippen molar-refractivity contribution >= 4 is 0 Å². The first-order chi connectivity index (χ1) is 6.60. The molecule has 0 aliphatic heterocycles. The molecule has 0 spiro atoms. The van der Waals surface area contributed by atoms with Gasteiger partial charge in [0.2, 0.25) is 0 Å². The fraction of sp³-hybridized carbons (Fsp3) is 0.538. The number of aryl methyl sites for hydroxylation is 1. The molecule has 0 bridgehead atoms. The maximum atomic E-state index is 2.18. The first kappa shape index (κ1) is 13.2. The smallest absolute Gasteiger partial charge is 0.0227 e. The van der Waals surface area contributed by atoms with Crippen LogP contribution in [0.1, 0.15) is 31.4 Å². The van der Waals surface area contributed by atoms with Gasteiger partial charge in [-0.3, -0.25) is 0 Å². The van der Waals surface area contributed by atoms with E-state index in [0.717, 1.165) is 6.54 Å². The molecule has 0 saturated carbocycles. The second kappa shape index (κ2) is 7.57. The van der Waals surface area contributed by atoms with Gasteiger partial charge in [0, 0.05) is 6.54 Å². The quantitative estimate of drug-likeness (QED) is 0.695. The van der Waals surface area contributed by atoms with Crippen LogP contribution in [0.3, 0.4) is 0 Å². The van der Waals surface area contributed by atoms with Crippen molar-refractivity contribution in [1.29, 1.82) is 0 Å². The summed E-state index contributed by atoms with van der Waals surface area (Å²) in [5.74, 6) is 0. The second-order valence-corrected chi connectivity index (χ2v) is 3.93. The number of rotatable bonds is 2. The minimum atomic E-state index is 1.03. The lowest BCUT2D eigenvalue weighted by Gasteiger charge is -2.08. The van der Waals surface area contributed by atoms with Gasteiger partial charge in [0.25, 0.3) is 0 Å². The Balaban J connectivity index is 0.000000500. The Morgan fingerprint density at radius 3 is 1.79 bits per heavy atom. The molecule has 1 heteroatoms. The number of nitrogens with zero attached hydrogens (tertiary/aromatic N) is 1. The third-order valence-electron chi connectivity index (χ3n) is 1.62. The van der Waals surface area contributed by atoms with Crippen molar-refractivity contribution < 1.29 is 0 Å². The Bertz CT molecular complexity index is 223. The van der Waals surface area contributed by atoms with E-state index in [1.165, 1.54) is 17.5 Å². The fourth-order valence-corrected chi connectivity index (χ4v) is 1.06. The molecule has 0 fully saturated rings. The molecule has 0 atom stereocenters.